The van der Waals surface area contributed by atoms with E-state index in [-0.39, 0.29) is 17.6 Å². The molecule has 0 radical (unpaired) electrons. The zero-order chi connectivity index (χ0) is 24.1. The topological polar surface area (TPSA) is 89.5 Å². The number of aromatic nitrogens is 1. The van der Waals surface area contributed by atoms with Gasteiger partial charge >= 0.3 is 6.36 Å². The predicted molar refractivity (Wildman–Crippen MR) is 120 cm³/mol. The van der Waals surface area contributed by atoms with Gasteiger partial charge in [0.1, 0.15) is 11.9 Å². The smallest absolute Gasteiger partial charge is 0.406 e. The number of anilines is 2. The standard InChI is InChI=1S/C23H20F3N3O4S/c24-23(25,26)33-17-8-6-14(7-9-17)11-18-13-27-22(34-18)29-20(30)15-3-1-4-16(12-15)28-21(31)19-5-2-10-32-19/h1,3-4,6-9,12-13,19H,2,5,10-11H2,(H,28,31)(H,27,29,30). The van der Waals surface area contributed by atoms with E-state index in [0.717, 1.165) is 16.9 Å². The Bertz CT molecular complexity index is 1160. The van der Waals surface area contributed by atoms with E-state index in [4.69, 9.17) is 4.74 Å². The van der Waals surface area contributed by atoms with E-state index in [1.54, 1.807) is 30.5 Å². The first kappa shape index (κ1) is 23.7. The van der Waals surface area contributed by atoms with Crippen LogP contribution in [0.3, 0.4) is 0 Å². The Morgan fingerprint density at radius 3 is 2.65 bits per heavy atom. The molecule has 0 aliphatic carbocycles. The Hall–Kier alpha value is -3.44. The van der Waals surface area contributed by atoms with Gasteiger partial charge < -0.3 is 14.8 Å². The minimum absolute atomic E-state index is 0.238. The predicted octanol–water partition coefficient (Wildman–Crippen LogP) is 5.00. The number of carbonyl (C=O) groups excluding carboxylic acids is 2. The molecule has 1 aromatic heterocycles. The fourth-order valence-corrected chi connectivity index (χ4v) is 4.21. The van der Waals surface area contributed by atoms with Crippen molar-refractivity contribution in [1.82, 2.24) is 4.98 Å². The molecule has 4 rings (SSSR count). The highest BCUT2D eigenvalue weighted by Crippen LogP contribution is 2.26. The van der Waals surface area contributed by atoms with Crippen LogP contribution in [-0.4, -0.2) is 35.9 Å². The fourth-order valence-electron chi connectivity index (χ4n) is 3.37. The molecule has 1 fully saturated rings. The number of carbonyl (C=O) groups is 2. The summed E-state index contributed by atoms with van der Waals surface area (Å²) in [5, 5.41) is 5.86. The molecule has 2 amide bonds. The number of nitrogens with one attached hydrogen (secondary N) is 2. The quantitative estimate of drug-likeness (QED) is 0.486. The fraction of sp³-hybridized carbons (Fsp3) is 0.261. The Morgan fingerprint density at radius 2 is 1.94 bits per heavy atom. The van der Waals surface area contributed by atoms with Gasteiger partial charge in [-0.15, -0.1) is 24.5 Å². The molecule has 178 valence electrons. The van der Waals surface area contributed by atoms with Gasteiger partial charge in [-0.1, -0.05) is 18.2 Å². The van der Waals surface area contributed by atoms with Crippen LogP contribution in [0.1, 0.15) is 33.6 Å². The lowest BCUT2D eigenvalue weighted by Gasteiger charge is -2.11. The number of ether oxygens (including phenoxy) is 2. The molecule has 2 heterocycles. The maximum atomic E-state index is 12.6. The first-order chi connectivity index (χ1) is 16.2. The highest BCUT2D eigenvalue weighted by Gasteiger charge is 2.31. The molecular formula is C23H20F3N3O4S. The summed E-state index contributed by atoms with van der Waals surface area (Å²) in [6.45, 7) is 0.564. The van der Waals surface area contributed by atoms with Crippen LogP contribution < -0.4 is 15.4 Å². The van der Waals surface area contributed by atoms with Gasteiger partial charge in [-0.2, -0.15) is 0 Å². The highest BCUT2D eigenvalue weighted by atomic mass is 32.1. The normalized spacial score (nSPS) is 15.7. The third-order valence-electron chi connectivity index (χ3n) is 4.92. The van der Waals surface area contributed by atoms with Crippen LogP contribution in [0.2, 0.25) is 0 Å². The zero-order valence-electron chi connectivity index (χ0n) is 17.7. The number of thiazole rings is 1. The molecule has 0 spiro atoms. The van der Waals surface area contributed by atoms with Crippen LogP contribution in [0, 0.1) is 0 Å². The summed E-state index contributed by atoms with van der Waals surface area (Å²) in [4.78, 5) is 29.9. The molecule has 1 aliphatic rings. The van der Waals surface area contributed by atoms with Crippen molar-refractivity contribution in [1.29, 1.82) is 0 Å². The second-order valence-electron chi connectivity index (χ2n) is 7.53. The average molecular weight is 491 g/mol. The largest absolute Gasteiger partial charge is 0.573 e. The Kier molecular flexibility index (Phi) is 7.13. The van der Waals surface area contributed by atoms with Crippen molar-refractivity contribution in [2.45, 2.75) is 31.7 Å². The molecular weight excluding hydrogens is 471 g/mol. The van der Waals surface area contributed by atoms with Crippen molar-refractivity contribution in [3.63, 3.8) is 0 Å². The van der Waals surface area contributed by atoms with Crippen LogP contribution in [0.5, 0.6) is 5.75 Å². The summed E-state index contributed by atoms with van der Waals surface area (Å²) in [5.41, 5.74) is 1.61. The van der Waals surface area contributed by atoms with Gasteiger partial charge in [-0.05, 0) is 48.7 Å². The van der Waals surface area contributed by atoms with Gasteiger partial charge in [0.15, 0.2) is 5.13 Å². The number of nitrogens with zero attached hydrogens (tertiary/aromatic N) is 1. The number of alkyl halides is 3. The van der Waals surface area contributed by atoms with E-state index in [9.17, 15) is 22.8 Å². The van der Waals surface area contributed by atoms with Crippen molar-refractivity contribution in [2.24, 2.45) is 0 Å². The monoisotopic (exact) mass is 491 g/mol. The van der Waals surface area contributed by atoms with E-state index in [2.05, 4.69) is 20.4 Å². The first-order valence-electron chi connectivity index (χ1n) is 10.4. The number of hydrogen-bond acceptors (Lipinski definition) is 6. The van der Waals surface area contributed by atoms with Crippen LogP contribution in [0.4, 0.5) is 24.0 Å². The molecule has 2 N–H and O–H groups in total. The molecule has 1 atom stereocenters. The summed E-state index contributed by atoms with van der Waals surface area (Å²) in [6.07, 6.45) is -1.66. The van der Waals surface area contributed by atoms with Crippen molar-refractivity contribution >= 4 is 34.0 Å². The molecule has 1 saturated heterocycles. The van der Waals surface area contributed by atoms with Gasteiger partial charge in [0, 0.05) is 35.4 Å². The lowest BCUT2D eigenvalue weighted by atomic mass is 10.1. The summed E-state index contributed by atoms with van der Waals surface area (Å²) >= 11 is 1.26. The molecule has 34 heavy (non-hydrogen) atoms. The van der Waals surface area contributed by atoms with Gasteiger partial charge in [0.2, 0.25) is 0 Å². The number of halogens is 3. The molecule has 0 saturated carbocycles. The number of benzene rings is 2. The van der Waals surface area contributed by atoms with E-state index in [1.807, 2.05) is 0 Å². The minimum Gasteiger partial charge on any atom is -0.406 e. The summed E-state index contributed by atoms with van der Waals surface area (Å²) in [5.74, 6) is -0.914. The molecule has 1 aliphatic heterocycles. The minimum atomic E-state index is -4.73. The molecule has 11 heteroatoms. The highest BCUT2D eigenvalue weighted by molar-refractivity contribution is 7.15. The van der Waals surface area contributed by atoms with Crippen molar-refractivity contribution < 1.29 is 32.2 Å². The lowest BCUT2D eigenvalue weighted by molar-refractivity contribution is -0.274. The van der Waals surface area contributed by atoms with Gasteiger partial charge in [0.25, 0.3) is 11.8 Å². The Balaban J connectivity index is 1.34. The van der Waals surface area contributed by atoms with Crippen LogP contribution in [0.15, 0.2) is 54.7 Å². The summed E-state index contributed by atoms with van der Waals surface area (Å²) in [7, 11) is 0. The zero-order valence-corrected chi connectivity index (χ0v) is 18.5. The molecule has 3 aromatic rings. The van der Waals surface area contributed by atoms with Gasteiger partial charge in [0.05, 0.1) is 0 Å². The molecule has 1 unspecified atom stereocenters. The second-order valence-corrected chi connectivity index (χ2v) is 8.64. The van der Waals surface area contributed by atoms with Gasteiger partial charge in [-0.3, -0.25) is 14.9 Å². The van der Waals surface area contributed by atoms with E-state index < -0.39 is 12.5 Å². The van der Waals surface area contributed by atoms with Crippen molar-refractivity contribution in [3.8, 4) is 5.75 Å². The molecule has 2 aromatic carbocycles. The van der Waals surface area contributed by atoms with Gasteiger partial charge in [-0.25, -0.2) is 4.98 Å². The molecule has 0 bridgehead atoms. The van der Waals surface area contributed by atoms with E-state index >= 15 is 0 Å². The maximum absolute atomic E-state index is 12.6. The average Bonchev–Trinajstić information content (AvgIpc) is 3.47. The number of rotatable bonds is 7. The number of hydrogen-bond donors (Lipinski definition) is 2. The second kappa shape index (κ2) is 10.2. The van der Waals surface area contributed by atoms with Crippen LogP contribution in [-0.2, 0) is 16.0 Å². The third-order valence-corrected chi connectivity index (χ3v) is 5.84. The van der Waals surface area contributed by atoms with Crippen molar-refractivity contribution in [2.75, 3.05) is 17.2 Å². The Labute approximate surface area is 196 Å². The maximum Gasteiger partial charge on any atom is 0.573 e. The molecule has 7 nitrogen and oxygen atoms in total. The lowest BCUT2D eigenvalue weighted by Crippen LogP contribution is -2.27. The van der Waals surface area contributed by atoms with E-state index in [0.29, 0.717) is 35.8 Å². The number of amides is 2. The van der Waals surface area contributed by atoms with Crippen LogP contribution >= 0.6 is 11.3 Å². The van der Waals surface area contributed by atoms with Crippen LogP contribution in [0.25, 0.3) is 0 Å². The summed E-state index contributed by atoms with van der Waals surface area (Å²) < 4.78 is 46.0. The first-order valence-corrected chi connectivity index (χ1v) is 11.2. The van der Waals surface area contributed by atoms with E-state index in [1.165, 1.54) is 35.6 Å². The Morgan fingerprint density at radius 1 is 1.15 bits per heavy atom. The summed E-state index contributed by atoms with van der Waals surface area (Å²) in [6, 6.07) is 12.1. The van der Waals surface area contributed by atoms with Crippen molar-refractivity contribution in [3.05, 3.63) is 70.7 Å². The third kappa shape index (κ3) is 6.55. The SMILES string of the molecule is O=C(Nc1ncc(Cc2ccc(OC(F)(F)F)cc2)s1)c1cccc(NC(=O)C2CCCO2)c1.